The highest BCUT2D eigenvalue weighted by Crippen LogP contribution is 2.48. The summed E-state index contributed by atoms with van der Waals surface area (Å²) in [5.41, 5.74) is 0.710. The summed E-state index contributed by atoms with van der Waals surface area (Å²) in [5, 5.41) is 0. The molecule has 1 aromatic rings. The van der Waals surface area contributed by atoms with Gasteiger partial charge in [0.1, 0.15) is 17.8 Å². The third kappa shape index (κ3) is 2.47. The lowest BCUT2D eigenvalue weighted by Gasteiger charge is -2.30. The van der Waals surface area contributed by atoms with Gasteiger partial charge in [0.05, 0.1) is 19.8 Å². The standard InChI is InChI=1S/C17H22O5/c1-16(2)20-13-14-17(8-9-19-14,22-15(13)21-16)11-18-10-12-6-4-3-5-7-12/h3-7,13-15H,8-11H2,1-2H3. The van der Waals surface area contributed by atoms with Crippen molar-refractivity contribution in [3.8, 4) is 0 Å². The van der Waals surface area contributed by atoms with Crippen molar-refractivity contribution in [2.24, 2.45) is 0 Å². The Morgan fingerprint density at radius 3 is 2.77 bits per heavy atom. The summed E-state index contributed by atoms with van der Waals surface area (Å²) >= 11 is 0. The molecule has 4 unspecified atom stereocenters. The van der Waals surface area contributed by atoms with E-state index < -0.39 is 11.4 Å². The van der Waals surface area contributed by atoms with E-state index in [9.17, 15) is 0 Å². The Morgan fingerprint density at radius 2 is 1.95 bits per heavy atom. The smallest absolute Gasteiger partial charge is 0.190 e. The van der Waals surface area contributed by atoms with Gasteiger partial charge in [-0.1, -0.05) is 30.3 Å². The summed E-state index contributed by atoms with van der Waals surface area (Å²) < 4.78 is 29.7. The maximum absolute atomic E-state index is 6.17. The average molecular weight is 306 g/mol. The molecule has 0 amide bonds. The second-order valence-corrected chi connectivity index (χ2v) is 6.67. The van der Waals surface area contributed by atoms with Gasteiger partial charge in [-0.15, -0.1) is 0 Å². The largest absolute Gasteiger partial charge is 0.374 e. The molecule has 120 valence electrons. The van der Waals surface area contributed by atoms with E-state index in [0.717, 1.165) is 12.0 Å². The van der Waals surface area contributed by atoms with Gasteiger partial charge < -0.3 is 23.7 Å². The van der Waals surface area contributed by atoms with Crippen LogP contribution in [0.15, 0.2) is 30.3 Å². The van der Waals surface area contributed by atoms with Crippen LogP contribution in [0, 0.1) is 0 Å². The van der Waals surface area contributed by atoms with Crippen LogP contribution in [0.3, 0.4) is 0 Å². The van der Waals surface area contributed by atoms with Crippen molar-refractivity contribution in [3.63, 3.8) is 0 Å². The number of hydrogen-bond donors (Lipinski definition) is 0. The van der Waals surface area contributed by atoms with E-state index in [1.54, 1.807) is 0 Å². The van der Waals surface area contributed by atoms with Crippen molar-refractivity contribution < 1.29 is 23.7 Å². The summed E-state index contributed by atoms with van der Waals surface area (Å²) in [6.07, 6.45) is 0.167. The van der Waals surface area contributed by atoms with Crippen LogP contribution in [0.25, 0.3) is 0 Å². The Balaban J connectivity index is 1.41. The molecule has 3 aliphatic heterocycles. The van der Waals surface area contributed by atoms with Crippen LogP contribution < -0.4 is 0 Å². The van der Waals surface area contributed by atoms with Gasteiger partial charge in [-0.25, -0.2) is 0 Å². The molecule has 0 N–H and O–H groups in total. The second-order valence-electron chi connectivity index (χ2n) is 6.67. The Labute approximate surface area is 130 Å². The molecule has 0 aliphatic carbocycles. The molecule has 22 heavy (non-hydrogen) atoms. The first-order chi connectivity index (χ1) is 10.6. The first-order valence-electron chi connectivity index (χ1n) is 7.85. The monoisotopic (exact) mass is 306 g/mol. The molecule has 3 heterocycles. The van der Waals surface area contributed by atoms with Gasteiger partial charge in [-0.05, 0) is 19.4 Å². The molecule has 0 saturated carbocycles. The van der Waals surface area contributed by atoms with E-state index in [1.165, 1.54) is 0 Å². The number of hydrogen-bond acceptors (Lipinski definition) is 5. The maximum atomic E-state index is 6.17. The predicted molar refractivity (Wildman–Crippen MR) is 78.1 cm³/mol. The summed E-state index contributed by atoms with van der Waals surface area (Å²) in [5.74, 6) is -0.613. The predicted octanol–water partition coefficient (Wildman–Crippen LogP) is 2.24. The van der Waals surface area contributed by atoms with Crippen molar-refractivity contribution in [2.75, 3.05) is 13.2 Å². The lowest BCUT2D eigenvalue weighted by atomic mass is 9.95. The minimum Gasteiger partial charge on any atom is -0.374 e. The van der Waals surface area contributed by atoms with Gasteiger partial charge in [0.15, 0.2) is 12.1 Å². The van der Waals surface area contributed by atoms with Crippen LogP contribution >= 0.6 is 0 Å². The van der Waals surface area contributed by atoms with E-state index in [0.29, 0.717) is 19.8 Å². The Bertz CT molecular complexity index is 531. The SMILES string of the molecule is CC1(C)OC2OC3(COCc4ccccc4)CCOC3C2O1. The van der Waals surface area contributed by atoms with Crippen molar-refractivity contribution in [3.05, 3.63) is 35.9 Å². The summed E-state index contributed by atoms with van der Waals surface area (Å²) in [6, 6.07) is 10.1. The molecule has 4 atom stereocenters. The van der Waals surface area contributed by atoms with E-state index in [4.69, 9.17) is 23.7 Å². The molecule has 0 spiro atoms. The molecule has 5 nitrogen and oxygen atoms in total. The lowest BCUT2D eigenvalue weighted by molar-refractivity contribution is -0.239. The number of benzene rings is 1. The zero-order valence-corrected chi connectivity index (χ0v) is 13.0. The van der Waals surface area contributed by atoms with Crippen LogP contribution in [-0.4, -0.2) is 43.1 Å². The highest BCUT2D eigenvalue weighted by atomic mass is 16.8. The van der Waals surface area contributed by atoms with Crippen LogP contribution in [0.1, 0.15) is 25.8 Å². The van der Waals surface area contributed by atoms with Crippen molar-refractivity contribution >= 4 is 0 Å². The molecule has 0 bridgehead atoms. The summed E-state index contributed by atoms with van der Waals surface area (Å²) in [6.45, 7) is 5.54. The number of ether oxygens (including phenoxy) is 5. The summed E-state index contributed by atoms with van der Waals surface area (Å²) in [7, 11) is 0. The normalized spacial score (nSPS) is 38.9. The molecule has 0 radical (unpaired) electrons. The van der Waals surface area contributed by atoms with Crippen LogP contribution in [0.4, 0.5) is 0 Å². The van der Waals surface area contributed by atoms with E-state index >= 15 is 0 Å². The Kier molecular flexibility index (Phi) is 3.51. The zero-order valence-electron chi connectivity index (χ0n) is 13.0. The van der Waals surface area contributed by atoms with Gasteiger partial charge in [0.25, 0.3) is 0 Å². The van der Waals surface area contributed by atoms with Gasteiger partial charge >= 0.3 is 0 Å². The van der Waals surface area contributed by atoms with E-state index in [-0.39, 0.29) is 18.5 Å². The Morgan fingerprint density at radius 1 is 1.14 bits per heavy atom. The first-order valence-corrected chi connectivity index (χ1v) is 7.85. The average Bonchev–Trinajstić information content (AvgIpc) is 3.07. The van der Waals surface area contributed by atoms with Crippen molar-refractivity contribution in [1.29, 1.82) is 0 Å². The molecule has 4 rings (SSSR count). The minimum atomic E-state index is -0.613. The molecule has 1 aromatic carbocycles. The molecular weight excluding hydrogens is 284 g/mol. The Hall–Kier alpha value is -0.980. The fraction of sp³-hybridized carbons (Fsp3) is 0.647. The fourth-order valence-electron chi connectivity index (χ4n) is 3.56. The second kappa shape index (κ2) is 5.28. The lowest BCUT2D eigenvalue weighted by Crippen LogP contribution is -2.45. The van der Waals surface area contributed by atoms with Crippen LogP contribution in [0.2, 0.25) is 0 Å². The molecule has 3 saturated heterocycles. The van der Waals surface area contributed by atoms with Crippen LogP contribution in [0.5, 0.6) is 0 Å². The molecule has 5 heteroatoms. The number of fused-ring (bicyclic) bond motifs is 3. The summed E-state index contributed by atoms with van der Waals surface area (Å²) in [4.78, 5) is 0. The van der Waals surface area contributed by atoms with Crippen LogP contribution in [-0.2, 0) is 30.3 Å². The van der Waals surface area contributed by atoms with Gasteiger partial charge in [-0.2, -0.15) is 0 Å². The molecule has 3 fully saturated rings. The highest BCUT2D eigenvalue weighted by molar-refractivity contribution is 5.13. The van der Waals surface area contributed by atoms with Gasteiger partial charge in [0.2, 0.25) is 0 Å². The van der Waals surface area contributed by atoms with E-state index in [1.807, 2.05) is 32.0 Å². The fourth-order valence-corrected chi connectivity index (χ4v) is 3.56. The molecule has 3 aliphatic rings. The third-order valence-electron chi connectivity index (χ3n) is 4.54. The number of rotatable bonds is 4. The third-order valence-corrected chi connectivity index (χ3v) is 4.54. The molecular formula is C17H22O5. The van der Waals surface area contributed by atoms with E-state index in [2.05, 4.69) is 12.1 Å². The zero-order chi connectivity index (χ0) is 15.2. The first kappa shape index (κ1) is 14.6. The molecule has 0 aromatic heterocycles. The topological polar surface area (TPSA) is 46.2 Å². The highest BCUT2D eigenvalue weighted by Gasteiger charge is 2.64. The minimum absolute atomic E-state index is 0.116. The van der Waals surface area contributed by atoms with Crippen molar-refractivity contribution in [1.82, 2.24) is 0 Å². The maximum Gasteiger partial charge on any atom is 0.190 e. The van der Waals surface area contributed by atoms with Crippen molar-refractivity contribution in [2.45, 2.75) is 56.8 Å². The van der Waals surface area contributed by atoms with Gasteiger partial charge in [0, 0.05) is 6.42 Å². The van der Waals surface area contributed by atoms with Gasteiger partial charge in [-0.3, -0.25) is 0 Å². The quantitative estimate of drug-likeness (QED) is 0.854.